The van der Waals surface area contributed by atoms with E-state index in [1.807, 2.05) is 0 Å². The predicted molar refractivity (Wildman–Crippen MR) is 81.2 cm³/mol. The highest BCUT2D eigenvalue weighted by molar-refractivity contribution is 4.83. The van der Waals surface area contributed by atoms with E-state index in [4.69, 9.17) is 14.2 Å². The molecule has 2 unspecified atom stereocenters. The molecule has 1 aliphatic rings. The average Bonchev–Trinajstić information content (AvgIpc) is 2.44. The van der Waals surface area contributed by atoms with Gasteiger partial charge in [0.1, 0.15) is 0 Å². The number of methoxy groups -OCH3 is 1. The molecule has 1 heterocycles. The Bertz CT molecular complexity index is 229. The SMILES string of the molecule is CCCC1CNC(C)CN1CCOCCOCCOC. The van der Waals surface area contributed by atoms with Crippen LogP contribution in [-0.2, 0) is 14.2 Å². The second kappa shape index (κ2) is 11.5. The van der Waals surface area contributed by atoms with Gasteiger partial charge in [0.25, 0.3) is 0 Å². The second-order valence-electron chi connectivity index (χ2n) is 5.46. The van der Waals surface area contributed by atoms with Crippen LogP contribution < -0.4 is 5.32 Å². The van der Waals surface area contributed by atoms with Crippen molar-refractivity contribution in [1.82, 2.24) is 10.2 Å². The highest BCUT2D eigenvalue weighted by Crippen LogP contribution is 2.11. The van der Waals surface area contributed by atoms with Gasteiger partial charge >= 0.3 is 0 Å². The summed E-state index contributed by atoms with van der Waals surface area (Å²) >= 11 is 0. The number of piperazine rings is 1. The lowest BCUT2D eigenvalue weighted by Gasteiger charge is -2.39. The lowest BCUT2D eigenvalue weighted by Crippen LogP contribution is -2.56. The zero-order valence-electron chi connectivity index (χ0n) is 13.4. The summed E-state index contributed by atoms with van der Waals surface area (Å²) in [5.41, 5.74) is 0. The summed E-state index contributed by atoms with van der Waals surface area (Å²) < 4.78 is 15.9. The van der Waals surface area contributed by atoms with Crippen molar-refractivity contribution in [3.05, 3.63) is 0 Å². The minimum absolute atomic E-state index is 0.584. The molecular weight excluding hydrogens is 256 g/mol. The number of rotatable bonds is 11. The van der Waals surface area contributed by atoms with Crippen LogP contribution in [0.25, 0.3) is 0 Å². The van der Waals surface area contributed by atoms with Crippen LogP contribution in [0.15, 0.2) is 0 Å². The van der Waals surface area contributed by atoms with Crippen molar-refractivity contribution in [2.24, 2.45) is 0 Å². The minimum Gasteiger partial charge on any atom is -0.382 e. The molecular formula is C15H32N2O3. The topological polar surface area (TPSA) is 43.0 Å². The Morgan fingerprint density at radius 1 is 1.10 bits per heavy atom. The Morgan fingerprint density at radius 3 is 2.50 bits per heavy atom. The molecule has 5 heteroatoms. The van der Waals surface area contributed by atoms with Gasteiger partial charge in [-0.15, -0.1) is 0 Å². The summed E-state index contributed by atoms with van der Waals surface area (Å²) in [7, 11) is 1.68. The van der Waals surface area contributed by atoms with Crippen LogP contribution in [-0.4, -0.2) is 76.8 Å². The van der Waals surface area contributed by atoms with E-state index in [1.54, 1.807) is 7.11 Å². The van der Waals surface area contributed by atoms with Crippen LogP contribution in [0, 0.1) is 0 Å². The van der Waals surface area contributed by atoms with Gasteiger partial charge < -0.3 is 19.5 Å². The maximum Gasteiger partial charge on any atom is 0.0701 e. The molecule has 0 bridgehead atoms. The Kier molecular flexibility index (Phi) is 10.2. The Balaban J connectivity index is 2.06. The summed E-state index contributed by atoms with van der Waals surface area (Å²) in [6, 6.07) is 1.25. The van der Waals surface area contributed by atoms with Crippen LogP contribution in [0.4, 0.5) is 0 Å². The first-order valence-electron chi connectivity index (χ1n) is 7.89. The molecule has 1 saturated heterocycles. The lowest BCUT2D eigenvalue weighted by atomic mass is 10.1. The van der Waals surface area contributed by atoms with Gasteiger partial charge in [-0.1, -0.05) is 13.3 Å². The lowest BCUT2D eigenvalue weighted by molar-refractivity contribution is 0.0124. The van der Waals surface area contributed by atoms with Crippen molar-refractivity contribution in [3.8, 4) is 0 Å². The quantitative estimate of drug-likeness (QED) is 0.577. The van der Waals surface area contributed by atoms with E-state index in [9.17, 15) is 0 Å². The Labute approximate surface area is 123 Å². The first-order chi connectivity index (χ1) is 9.77. The van der Waals surface area contributed by atoms with E-state index in [2.05, 4.69) is 24.1 Å². The van der Waals surface area contributed by atoms with Crippen LogP contribution in [0.2, 0.25) is 0 Å². The Morgan fingerprint density at radius 2 is 1.80 bits per heavy atom. The molecule has 0 aromatic rings. The molecule has 1 fully saturated rings. The summed E-state index contributed by atoms with van der Waals surface area (Å²) in [5, 5.41) is 3.56. The van der Waals surface area contributed by atoms with E-state index in [1.165, 1.54) is 12.8 Å². The monoisotopic (exact) mass is 288 g/mol. The molecule has 0 radical (unpaired) electrons. The smallest absolute Gasteiger partial charge is 0.0701 e. The van der Waals surface area contributed by atoms with Gasteiger partial charge in [-0.25, -0.2) is 0 Å². The zero-order valence-corrected chi connectivity index (χ0v) is 13.4. The van der Waals surface area contributed by atoms with Crippen molar-refractivity contribution in [2.75, 3.05) is 59.8 Å². The fraction of sp³-hybridized carbons (Fsp3) is 1.00. The second-order valence-corrected chi connectivity index (χ2v) is 5.46. The van der Waals surface area contributed by atoms with Gasteiger partial charge in [-0.3, -0.25) is 4.90 Å². The molecule has 0 aromatic carbocycles. The number of ether oxygens (including phenoxy) is 3. The van der Waals surface area contributed by atoms with Crippen molar-refractivity contribution in [1.29, 1.82) is 0 Å². The molecule has 5 nitrogen and oxygen atoms in total. The van der Waals surface area contributed by atoms with Crippen molar-refractivity contribution < 1.29 is 14.2 Å². The largest absolute Gasteiger partial charge is 0.382 e. The summed E-state index contributed by atoms with van der Waals surface area (Å²) in [5.74, 6) is 0. The van der Waals surface area contributed by atoms with Crippen LogP contribution >= 0.6 is 0 Å². The molecule has 2 atom stereocenters. The van der Waals surface area contributed by atoms with Crippen molar-refractivity contribution in [2.45, 2.75) is 38.8 Å². The van der Waals surface area contributed by atoms with Gasteiger partial charge in [0, 0.05) is 38.8 Å². The minimum atomic E-state index is 0.584. The summed E-state index contributed by atoms with van der Waals surface area (Å²) in [4.78, 5) is 2.57. The molecule has 1 aliphatic heterocycles. The molecule has 0 aromatic heterocycles. The summed E-state index contributed by atoms with van der Waals surface area (Å²) in [6.07, 6.45) is 2.51. The first-order valence-corrected chi connectivity index (χ1v) is 7.89. The molecule has 0 saturated carbocycles. The van der Waals surface area contributed by atoms with E-state index < -0.39 is 0 Å². The van der Waals surface area contributed by atoms with E-state index in [-0.39, 0.29) is 0 Å². The Hall–Kier alpha value is -0.200. The van der Waals surface area contributed by atoms with E-state index in [0.29, 0.717) is 38.5 Å². The number of nitrogens with zero attached hydrogens (tertiary/aromatic N) is 1. The van der Waals surface area contributed by atoms with Gasteiger partial charge in [0.2, 0.25) is 0 Å². The van der Waals surface area contributed by atoms with Crippen LogP contribution in [0.1, 0.15) is 26.7 Å². The molecule has 1 rings (SSSR count). The number of hydrogen-bond acceptors (Lipinski definition) is 5. The predicted octanol–water partition coefficient (Wildman–Crippen LogP) is 1.13. The first kappa shape index (κ1) is 17.9. The maximum absolute atomic E-state index is 5.65. The normalized spacial score (nSPS) is 24.1. The number of nitrogens with one attached hydrogen (secondary N) is 1. The molecule has 0 amide bonds. The summed E-state index contributed by atoms with van der Waals surface area (Å²) in [6.45, 7) is 11.2. The molecule has 120 valence electrons. The molecule has 0 aliphatic carbocycles. The van der Waals surface area contributed by atoms with Crippen LogP contribution in [0.3, 0.4) is 0 Å². The van der Waals surface area contributed by atoms with Gasteiger partial charge in [-0.2, -0.15) is 0 Å². The van der Waals surface area contributed by atoms with Gasteiger partial charge in [0.05, 0.1) is 33.0 Å². The fourth-order valence-corrected chi connectivity index (χ4v) is 2.57. The standard InChI is InChI=1S/C15H32N2O3/c1-4-5-15-12-16-14(2)13-17(15)6-7-19-10-11-20-9-8-18-3/h14-16H,4-13H2,1-3H3. The van der Waals surface area contributed by atoms with Crippen molar-refractivity contribution >= 4 is 0 Å². The number of hydrogen-bond donors (Lipinski definition) is 1. The van der Waals surface area contributed by atoms with Crippen LogP contribution in [0.5, 0.6) is 0 Å². The average molecular weight is 288 g/mol. The maximum atomic E-state index is 5.65. The highest BCUT2D eigenvalue weighted by atomic mass is 16.5. The van der Waals surface area contributed by atoms with Crippen molar-refractivity contribution in [3.63, 3.8) is 0 Å². The van der Waals surface area contributed by atoms with Gasteiger partial charge in [0.15, 0.2) is 0 Å². The third kappa shape index (κ3) is 7.55. The third-order valence-electron chi connectivity index (χ3n) is 3.68. The van der Waals surface area contributed by atoms with E-state index in [0.717, 1.165) is 26.2 Å². The fourth-order valence-electron chi connectivity index (χ4n) is 2.57. The molecule has 0 spiro atoms. The molecule has 1 N–H and O–H groups in total. The third-order valence-corrected chi connectivity index (χ3v) is 3.68. The highest BCUT2D eigenvalue weighted by Gasteiger charge is 2.24. The zero-order chi connectivity index (χ0) is 14.6. The van der Waals surface area contributed by atoms with E-state index >= 15 is 0 Å². The van der Waals surface area contributed by atoms with Gasteiger partial charge in [-0.05, 0) is 13.3 Å². The molecule has 20 heavy (non-hydrogen) atoms.